The topological polar surface area (TPSA) is 89.9 Å². The normalized spacial score (nSPS) is 17.1. The number of nitrogens with one attached hydrogen (secondary N) is 1. The number of aliphatic hydroxyl groups is 1. The molecule has 0 aromatic rings. The van der Waals surface area contributed by atoms with Gasteiger partial charge in [0.15, 0.2) is 6.10 Å². The van der Waals surface area contributed by atoms with Gasteiger partial charge in [-0.25, -0.2) is 9.59 Å². The molecule has 0 spiro atoms. The smallest absolute Gasteiger partial charge is 0.406 e. The summed E-state index contributed by atoms with van der Waals surface area (Å²) >= 11 is 0. The Labute approximate surface area is 100 Å². The number of amides is 2. The van der Waals surface area contributed by atoms with E-state index in [1.165, 1.54) is 0 Å². The van der Waals surface area contributed by atoms with Gasteiger partial charge in [-0.05, 0) is 12.8 Å². The molecule has 0 aromatic heterocycles. The summed E-state index contributed by atoms with van der Waals surface area (Å²) in [5.74, 6) is -1.55. The van der Waals surface area contributed by atoms with Gasteiger partial charge in [-0.2, -0.15) is 13.2 Å². The Morgan fingerprint density at radius 1 is 1.39 bits per heavy atom. The van der Waals surface area contributed by atoms with Crippen LogP contribution in [0, 0.1) is 0 Å². The van der Waals surface area contributed by atoms with Crippen molar-refractivity contribution in [3.05, 3.63) is 0 Å². The molecule has 0 aromatic carbocycles. The highest BCUT2D eigenvalue weighted by molar-refractivity contribution is 5.77. The summed E-state index contributed by atoms with van der Waals surface area (Å²) < 4.78 is 36.6. The van der Waals surface area contributed by atoms with E-state index in [1.807, 2.05) is 5.32 Å². The quantitative estimate of drug-likeness (QED) is 0.664. The third kappa shape index (κ3) is 4.78. The molecule has 2 amide bonds. The van der Waals surface area contributed by atoms with Crippen molar-refractivity contribution < 1.29 is 33.0 Å². The standard InChI is InChI=1S/C9H13F3N2O4/c10-9(11,12)4-14(5-1-2-5)8(18)13-3-6(15)7(16)17/h5-6,15H,1-4H2,(H,13,18)(H,16,17). The van der Waals surface area contributed by atoms with Crippen LogP contribution in [0.25, 0.3) is 0 Å². The van der Waals surface area contributed by atoms with Crippen LogP contribution in [0.15, 0.2) is 0 Å². The Hall–Kier alpha value is -1.51. The van der Waals surface area contributed by atoms with Gasteiger partial charge in [0, 0.05) is 6.04 Å². The molecule has 1 aliphatic carbocycles. The summed E-state index contributed by atoms with van der Waals surface area (Å²) in [7, 11) is 0. The second-order valence-corrected chi connectivity index (χ2v) is 4.01. The van der Waals surface area contributed by atoms with E-state index in [4.69, 9.17) is 10.2 Å². The lowest BCUT2D eigenvalue weighted by molar-refractivity contribution is -0.146. The van der Waals surface area contributed by atoms with Crippen molar-refractivity contribution in [2.45, 2.75) is 31.2 Å². The van der Waals surface area contributed by atoms with Gasteiger partial charge < -0.3 is 20.4 Å². The maximum atomic E-state index is 12.2. The van der Waals surface area contributed by atoms with Crippen LogP contribution in [0.3, 0.4) is 0 Å². The third-order valence-corrected chi connectivity index (χ3v) is 2.33. The minimum Gasteiger partial charge on any atom is -0.479 e. The van der Waals surface area contributed by atoms with Gasteiger partial charge in [0.1, 0.15) is 6.54 Å². The SMILES string of the molecule is O=C(O)C(O)CNC(=O)N(CC(F)(F)F)C1CC1. The van der Waals surface area contributed by atoms with E-state index in [2.05, 4.69) is 0 Å². The zero-order valence-electron chi connectivity index (χ0n) is 9.28. The maximum Gasteiger partial charge on any atom is 0.406 e. The van der Waals surface area contributed by atoms with E-state index in [9.17, 15) is 22.8 Å². The molecule has 0 saturated heterocycles. The molecular weight excluding hydrogens is 257 g/mol. The summed E-state index contributed by atoms with van der Waals surface area (Å²) in [4.78, 5) is 22.3. The molecule has 0 aliphatic heterocycles. The number of carboxylic acid groups (broad SMARTS) is 1. The number of carboxylic acids is 1. The lowest BCUT2D eigenvalue weighted by Crippen LogP contribution is -2.48. The van der Waals surface area contributed by atoms with Crippen LogP contribution in [0.4, 0.5) is 18.0 Å². The Morgan fingerprint density at radius 2 is 1.94 bits per heavy atom. The molecule has 1 saturated carbocycles. The minimum atomic E-state index is -4.51. The maximum absolute atomic E-state index is 12.2. The highest BCUT2D eigenvalue weighted by atomic mass is 19.4. The summed E-state index contributed by atoms with van der Waals surface area (Å²) in [5, 5.41) is 19.2. The van der Waals surface area contributed by atoms with Crippen LogP contribution >= 0.6 is 0 Å². The van der Waals surface area contributed by atoms with Crippen molar-refractivity contribution in [1.29, 1.82) is 0 Å². The predicted octanol–water partition coefficient (Wildman–Crippen LogP) is 0.168. The summed E-state index contributed by atoms with van der Waals surface area (Å²) in [6.07, 6.45) is -5.36. The molecule has 1 fully saturated rings. The van der Waals surface area contributed by atoms with Crippen molar-refractivity contribution >= 4 is 12.0 Å². The van der Waals surface area contributed by atoms with Gasteiger partial charge in [-0.3, -0.25) is 0 Å². The molecular formula is C9H13F3N2O4. The number of hydrogen-bond acceptors (Lipinski definition) is 3. The Morgan fingerprint density at radius 3 is 2.33 bits per heavy atom. The van der Waals surface area contributed by atoms with Gasteiger partial charge in [0.2, 0.25) is 0 Å². The fourth-order valence-electron chi connectivity index (χ4n) is 1.32. The average molecular weight is 270 g/mol. The number of rotatable bonds is 5. The van der Waals surface area contributed by atoms with E-state index in [0.717, 1.165) is 0 Å². The molecule has 18 heavy (non-hydrogen) atoms. The fourth-order valence-corrected chi connectivity index (χ4v) is 1.32. The highest BCUT2D eigenvalue weighted by Gasteiger charge is 2.40. The van der Waals surface area contributed by atoms with Crippen LogP contribution in [0.1, 0.15) is 12.8 Å². The Bertz CT molecular complexity index is 330. The lowest BCUT2D eigenvalue weighted by Gasteiger charge is -2.24. The number of carbonyl (C=O) groups excluding carboxylic acids is 1. The number of aliphatic hydroxyl groups excluding tert-OH is 1. The first kappa shape index (κ1) is 14.6. The van der Waals surface area contributed by atoms with E-state index in [-0.39, 0.29) is 0 Å². The molecule has 0 bridgehead atoms. The monoisotopic (exact) mass is 270 g/mol. The van der Waals surface area contributed by atoms with E-state index >= 15 is 0 Å². The first-order valence-corrected chi connectivity index (χ1v) is 5.23. The average Bonchev–Trinajstić information content (AvgIpc) is 3.04. The van der Waals surface area contributed by atoms with E-state index in [0.29, 0.717) is 17.7 Å². The highest BCUT2D eigenvalue weighted by Crippen LogP contribution is 2.29. The number of alkyl halides is 3. The second-order valence-electron chi connectivity index (χ2n) is 4.01. The number of aliphatic carboxylic acids is 1. The zero-order valence-corrected chi connectivity index (χ0v) is 9.28. The first-order chi connectivity index (χ1) is 8.20. The number of carbonyl (C=O) groups is 2. The van der Waals surface area contributed by atoms with Gasteiger partial charge >= 0.3 is 18.2 Å². The lowest BCUT2D eigenvalue weighted by atomic mass is 10.3. The van der Waals surface area contributed by atoms with Gasteiger partial charge in [-0.15, -0.1) is 0 Å². The molecule has 9 heteroatoms. The fraction of sp³-hybridized carbons (Fsp3) is 0.778. The van der Waals surface area contributed by atoms with Crippen molar-refractivity contribution in [2.24, 2.45) is 0 Å². The number of hydrogen-bond donors (Lipinski definition) is 3. The third-order valence-electron chi connectivity index (χ3n) is 2.33. The van der Waals surface area contributed by atoms with Crippen LogP contribution in [-0.4, -0.2) is 58.5 Å². The molecule has 3 N–H and O–H groups in total. The van der Waals surface area contributed by atoms with Crippen molar-refractivity contribution in [3.63, 3.8) is 0 Å². The van der Waals surface area contributed by atoms with Gasteiger partial charge in [0.25, 0.3) is 0 Å². The molecule has 1 aliphatic rings. The van der Waals surface area contributed by atoms with Crippen LogP contribution in [0.5, 0.6) is 0 Å². The molecule has 1 atom stereocenters. The number of halogens is 3. The van der Waals surface area contributed by atoms with Crippen molar-refractivity contribution in [1.82, 2.24) is 10.2 Å². The Balaban J connectivity index is 2.48. The zero-order chi connectivity index (χ0) is 13.9. The molecule has 1 unspecified atom stereocenters. The van der Waals surface area contributed by atoms with Gasteiger partial charge in [-0.1, -0.05) is 0 Å². The van der Waals surface area contributed by atoms with E-state index in [1.54, 1.807) is 0 Å². The molecule has 104 valence electrons. The number of nitrogens with zero attached hydrogens (tertiary/aromatic N) is 1. The molecule has 0 radical (unpaired) electrons. The predicted molar refractivity (Wildman–Crippen MR) is 52.8 cm³/mol. The first-order valence-electron chi connectivity index (χ1n) is 5.23. The minimum absolute atomic E-state index is 0.464. The van der Waals surface area contributed by atoms with Crippen molar-refractivity contribution in [2.75, 3.05) is 13.1 Å². The summed E-state index contributed by atoms with van der Waals surface area (Å²) in [6.45, 7) is -2.01. The number of urea groups is 1. The summed E-state index contributed by atoms with van der Waals surface area (Å²) in [5.41, 5.74) is 0. The van der Waals surface area contributed by atoms with Crippen LogP contribution in [-0.2, 0) is 4.79 Å². The largest absolute Gasteiger partial charge is 0.479 e. The van der Waals surface area contributed by atoms with Gasteiger partial charge in [0.05, 0.1) is 6.54 Å². The molecule has 6 nitrogen and oxygen atoms in total. The molecule has 0 heterocycles. The van der Waals surface area contributed by atoms with E-state index < -0.39 is 43.4 Å². The van der Waals surface area contributed by atoms with Crippen molar-refractivity contribution in [3.8, 4) is 0 Å². The Kier molecular flexibility index (Phi) is 4.38. The molecule has 1 rings (SSSR count). The summed E-state index contributed by atoms with van der Waals surface area (Å²) in [6, 6.07) is -1.48. The second kappa shape index (κ2) is 5.42. The van der Waals surface area contributed by atoms with Crippen LogP contribution in [0.2, 0.25) is 0 Å². The van der Waals surface area contributed by atoms with Crippen LogP contribution < -0.4 is 5.32 Å².